The Hall–Kier alpha value is -1.30. The van der Waals surface area contributed by atoms with Crippen molar-refractivity contribution < 1.29 is 13.6 Å². The molecule has 1 aliphatic heterocycles. The minimum atomic E-state index is -0.905. The van der Waals surface area contributed by atoms with Crippen LogP contribution in [-0.4, -0.2) is 23.5 Å². The third-order valence-electron chi connectivity index (χ3n) is 3.11. The lowest BCUT2D eigenvalue weighted by molar-refractivity contribution is 0.0952. The van der Waals surface area contributed by atoms with Gasteiger partial charge in [-0.1, -0.05) is 6.42 Å². The van der Waals surface area contributed by atoms with Crippen LogP contribution < -0.4 is 11.1 Å². The minimum Gasteiger partial charge on any atom is -0.394 e. The van der Waals surface area contributed by atoms with Crippen molar-refractivity contribution in [2.24, 2.45) is 0 Å². The molecule has 19 heavy (non-hydrogen) atoms. The number of nitrogen functional groups attached to an aromatic ring is 1. The Labute approximate surface area is 114 Å². The third kappa shape index (κ3) is 3.59. The van der Waals surface area contributed by atoms with Gasteiger partial charge in [-0.25, -0.2) is 8.78 Å². The summed E-state index contributed by atoms with van der Waals surface area (Å²) in [6.45, 7) is 0.525. The van der Waals surface area contributed by atoms with E-state index in [1.807, 2.05) is 11.8 Å². The first kappa shape index (κ1) is 14.1. The first-order valence-electron chi connectivity index (χ1n) is 6.22. The molecule has 104 valence electrons. The molecule has 1 aromatic rings. The molecule has 1 saturated heterocycles. The van der Waals surface area contributed by atoms with Crippen molar-refractivity contribution in [1.29, 1.82) is 0 Å². The van der Waals surface area contributed by atoms with E-state index >= 15 is 0 Å². The van der Waals surface area contributed by atoms with E-state index in [2.05, 4.69) is 5.32 Å². The Morgan fingerprint density at radius 3 is 2.63 bits per heavy atom. The maximum atomic E-state index is 13.2. The van der Waals surface area contributed by atoms with Crippen LogP contribution in [0.4, 0.5) is 14.5 Å². The van der Waals surface area contributed by atoms with Crippen LogP contribution >= 0.6 is 11.8 Å². The summed E-state index contributed by atoms with van der Waals surface area (Å²) in [5, 5.41) is 3.10. The van der Waals surface area contributed by atoms with Crippen molar-refractivity contribution >= 4 is 23.4 Å². The summed E-state index contributed by atoms with van der Waals surface area (Å²) < 4.78 is 26.5. The maximum absolute atomic E-state index is 13.2. The number of carbonyl (C=O) groups excluding carboxylic acids is 1. The highest BCUT2D eigenvalue weighted by atomic mass is 32.2. The Morgan fingerprint density at radius 2 is 2.05 bits per heavy atom. The van der Waals surface area contributed by atoms with Gasteiger partial charge in [-0.15, -0.1) is 0 Å². The van der Waals surface area contributed by atoms with Crippen LogP contribution in [0.1, 0.15) is 29.6 Å². The van der Waals surface area contributed by atoms with Gasteiger partial charge in [-0.3, -0.25) is 4.79 Å². The second kappa shape index (κ2) is 6.23. The molecule has 0 spiro atoms. The van der Waals surface area contributed by atoms with Gasteiger partial charge in [0.05, 0.1) is 0 Å². The van der Waals surface area contributed by atoms with E-state index in [4.69, 9.17) is 5.73 Å². The highest BCUT2D eigenvalue weighted by molar-refractivity contribution is 7.99. The molecule has 3 nitrogen and oxygen atoms in total. The monoisotopic (exact) mass is 286 g/mol. The van der Waals surface area contributed by atoms with Crippen molar-refractivity contribution in [1.82, 2.24) is 5.32 Å². The summed E-state index contributed by atoms with van der Waals surface area (Å²) in [5.41, 5.74) is 4.56. The van der Waals surface area contributed by atoms with Gasteiger partial charge in [0.15, 0.2) is 0 Å². The van der Waals surface area contributed by atoms with E-state index in [-0.39, 0.29) is 5.56 Å². The van der Waals surface area contributed by atoms with Crippen LogP contribution in [0.15, 0.2) is 12.1 Å². The lowest BCUT2D eigenvalue weighted by Crippen LogP contribution is -2.32. The molecular formula is C13H16F2N2OS. The average Bonchev–Trinajstić information content (AvgIpc) is 2.42. The van der Waals surface area contributed by atoms with Gasteiger partial charge in [0.25, 0.3) is 5.91 Å². The summed E-state index contributed by atoms with van der Waals surface area (Å²) in [4.78, 5) is 11.8. The quantitative estimate of drug-likeness (QED) is 0.840. The fourth-order valence-corrected chi connectivity index (χ4v) is 3.23. The van der Waals surface area contributed by atoms with E-state index in [1.54, 1.807) is 0 Å². The maximum Gasteiger partial charge on any atom is 0.251 e. The molecule has 2 rings (SSSR count). The number of nitrogens with one attached hydrogen (secondary N) is 1. The number of hydrogen-bond acceptors (Lipinski definition) is 3. The van der Waals surface area contributed by atoms with Gasteiger partial charge >= 0.3 is 0 Å². The van der Waals surface area contributed by atoms with Gasteiger partial charge in [0.2, 0.25) is 0 Å². The molecule has 1 heterocycles. The summed E-state index contributed by atoms with van der Waals surface area (Å²) in [6, 6.07) is 1.92. The van der Waals surface area contributed by atoms with Gasteiger partial charge in [0.1, 0.15) is 17.3 Å². The molecule has 0 radical (unpaired) electrons. The fourth-order valence-electron chi connectivity index (χ4n) is 1.99. The predicted molar refractivity (Wildman–Crippen MR) is 73.2 cm³/mol. The van der Waals surface area contributed by atoms with Gasteiger partial charge in [0, 0.05) is 17.4 Å². The predicted octanol–water partition coefficient (Wildman–Crippen LogP) is 2.56. The highest BCUT2D eigenvalue weighted by Crippen LogP contribution is 2.24. The molecule has 1 amide bonds. The van der Waals surface area contributed by atoms with Crippen LogP contribution in [-0.2, 0) is 0 Å². The molecule has 1 atom stereocenters. The zero-order valence-electron chi connectivity index (χ0n) is 10.4. The van der Waals surface area contributed by atoms with Crippen LogP contribution in [0.2, 0.25) is 0 Å². The van der Waals surface area contributed by atoms with Crippen LogP contribution in [0.5, 0.6) is 0 Å². The van der Waals surface area contributed by atoms with E-state index < -0.39 is 23.2 Å². The molecular weight excluding hydrogens is 270 g/mol. The third-order valence-corrected chi connectivity index (χ3v) is 4.50. The standard InChI is InChI=1S/C13H16F2N2OS/c14-10-5-8(6-11(15)12(10)16)13(18)17-7-9-3-1-2-4-19-9/h5-6,9H,1-4,7,16H2,(H,17,18). The number of thioether (sulfide) groups is 1. The van der Waals surface area contributed by atoms with E-state index in [9.17, 15) is 13.6 Å². The fraction of sp³-hybridized carbons (Fsp3) is 0.462. The lowest BCUT2D eigenvalue weighted by Gasteiger charge is -2.21. The molecule has 0 saturated carbocycles. The molecule has 0 aliphatic carbocycles. The molecule has 6 heteroatoms. The van der Waals surface area contributed by atoms with Gasteiger partial charge in [-0.2, -0.15) is 11.8 Å². The molecule has 1 aliphatic rings. The highest BCUT2D eigenvalue weighted by Gasteiger charge is 2.17. The van der Waals surface area contributed by atoms with Crippen LogP contribution in [0, 0.1) is 11.6 Å². The number of halogens is 2. The first-order chi connectivity index (χ1) is 9.08. The largest absolute Gasteiger partial charge is 0.394 e. The SMILES string of the molecule is Nc1c(F)cc(C(=O)NCC2CCCCS2)cc1F. The normalized spacial score (nSPS) is 19.2. The zero-order chi connectivity index (χ0) is 13.8. The second-order valence-corrected chi connectivity index (χ2v) is 5.96. The number of anilines is 1. The van der Waals surface area contributed by atoms with Crippen molar-refractivity contribution in [2.75, 3.05) is 18.0 Å². The number of rotatable bonds is 3. The van der Waals surface area contributed by atoms with Gasteiger partial charge in [-0.05, 0) is 30.7 Å². The summed E-state index contributed by atoms with van der Waals surface area (Å²) in [7, 11) is 0. The summed E-state index contributed by atoms with van der Waals surface area (Å²) in [5.74, 6) is -1.18. The molecule has 1 fully saturated rings. The molecule has 3 N–H and O–H groups in total. The molecule has 0 bridgehead atoms. The number of amides is 1. The minimum absolute atomic E-state index is 0.0370. The smallest absolute Gasteiger partial charge is 0.251 e. The Bertz CT molecular complexity index is 453. The molecule has 1 aromatic carbocycles. The van der Waals surface area contributed by atoms with Crippen molar-refractivity contribution in [2.45, 2.75) is 24.5 Å². The Balaban J connectivity index is 1.96. The number of benzene rings is 1. The van der Waals surface area contributed by atoms with Crippen molar-refractivity contribution in [3.63, 3.8) is 0 Å². The number of hydrogen-bond donors (Lipinski definition) is 2. The Kier molecular flexibility index (Phi) is 4.63. The Morgan fingerprint density at radius 1 is 1.37 bits per heavy atom. The molecule has 1 unspecified atom stereocenters. The molecule has 0 aromatic heterocycles. The van der Waals surface area contributed by atoms with Crippen LogP contribution in [0.3, 0.4) is 0 Å². The van der Waals surface area contributed by atoms with Crippen molar-refractivity contribution in [3.8, 4) is 0 Å². The summed E-state index contributed by atoms with van der Waals surface area (Å²) >= 11 is 1.83. The second-order valence-electron chi connectivity index (χ2n) is 4.55. The number of carbonyl (C=O) groups is 1. The summed E-state index contributed by atoms with van der Waals surface area (Å²) in [6.07, 6.45) is 3.44. The first-order valence-corrected chi connectivity index (χ1v) is 7.27. The van der Waals surface area contributed by atoms with E-state index in [0.29, 0.717) is 11.8 Å². The van der Waals surface area contributed by atoms with E-state index in [0.717, 1.165) is 24.3 Å². The van der Waals surface area contributed by atoms with Crippen molar-refractivity contribution in [3.05, 3.63) is 29.3 Å². The zero-order valence-corrected chi connectivity index (χ0v) is 11.2. The van der Waals surface area contributed by atoms with Crippen LogP contribution in [0.25, 0.3) is 0 Å². The van der Waals surface area contributed by atoms with Gasteiger partial charge < -0.3 is 11.1 Å². The van der Waals surface area contributed by atoms with E-state index in [1.165, 1.54) is 12.8 Å². The lowest BCUT2D eigenvalue weighted by atomic mass is 10.1. The topological polar surface area (TPSA) is 55.1 Å². The number of nitrogens with two attached hydrogens (primary N) is 1. The average molecular weight is 286 g/mol.